The van der Waals surface area contributed by atoms with E-state index in [2.05, 4.69) is 0 Å². The monoisotopic (exact) mass is 195 g/mol. The van der Waals surface area contributed by atoms with E-state index >= 15 is 0 Å². The highest BCUT2D eigenvalue weighted by Gasteiger charge is 2.19. The van der Waals surface area contributed by atoms with Crippen LogP contribution in [0.3, 0.4) is 0 Å². The summed E-state index contributed by atoms with van der Waals surface area (Å²) >= 11 is 0. The fourth-order valence-corrected chi connectivity index (χ4v) is 1.58. The van der Waals surface area contributed by atoms with E-state index in [4.69, 9.17) is 5.73 Å². The third-order valence-corrected chi connectivity index (χ3v) is 2.40. The van der Waals surface area contributed by atoms with E-state index in [1.54, 1.807) is 6.08 Å². The number of benzene rings is 1. The molecule has 1 saturated carbocycles. The second-order valence-electron chi connectivity index (χ2n) is 3.61. The first-order valence-corrected chi connectivity index (χ1v) is 4.56. The van der Waals surface area contributed by atoms with Gasteiger partial charge in [-0.3, -0.25) is 0 Å². The van der Waals surface area contributed by atoms with Crippen LogP contribution in [0, 0.1) is 11.6 Å². The normalized spacial score (nSPS) is 20.5. The van der Waals surface area contributed by atoms with Gasteiger partial charge < -0.3 is 5.73 Å². The van der Waals surface area contributed by atoms with Crippen LogP contribution in [0.2, 0.25) is 0 Å². The molecule has 0 spiro atoms. The molecule has 74 valence electrons. The lowest BCUT2D eigenvalue weighted by molar-refractivity contribution is 0.543. The Labute approximate surface area is 81.2 Å². The topological polar surface area (TPSA) is 26.0 Å². The van der Waals surface area contributed by atoms with Gasteiger partial charge in [-0.2, -0.15) is 0 Å². The van der Waals surface area contributed by atoms with Gasteiger partial charge in [0.15, 0.2) is 0 Å². The van der Waals surface area contributed by atoms with Gasteiger partial charge in [-0.15, -0.1) is 0 Å². The van der Waals surface area contributed by atoms with E-state index in [0.717, 1.165) is 18.4 Å². The molecule has 0 atom stereocenters. The molecule has 14 heavy (non-hydrogen) atoms. The highest BCUT2D eigenvalue weighted by atomic mass is 19.1. The Morgan fingerprint density at radius 2 is 1.79 bits per heavy atom. The zero-order chi connectivity index (χ0) is 10.1. The van der Waals surface area contributed by atoms with Gasteiger partial charge in [-0.25, -0.2) is 8.78 Å². The zero-order valence-electron chi connectivity index (χ0n) is 7.63. The van der Waals surface area contributed by atoms with Crippen molar-refractivity contribution in [1.82, 2.24) is 0 Å². The molecule has 1 aromatic carbocycles. The van der Waals surface area contributed by atoms with Crippen molar-refractivity contribution < 1.29 is 8.78 Å². The lowest BCUT2D eigenvalue weighted by Gasteiger charge is -2.25. The maximum atomic E-state index is 13.2. The molecular formula is C11H11F2N. The van der Waals surface area contributed by atoms with Crippen LogP contribution in [0.25, 0.3) is 6.08 Å². The van der Waals surface area contributed by atoms with Crippen molar-refractivity contribution in [3.63, 3.8) is 0 Å². The summed E-state index contributed by atoms with van der Waals surface area (Å²) in [5.41, 5.74) is 6.64. The Balaban J connectivity index is 2.29. The minimum absolute atomic E-state index is 0.0504. The van der Waals surface area contributed by atoms with Crippen molar-refractivity contribution >= 4 is 6.08 Å². The van der Waals surface area contributed by atoms with Crippen LogP contribution in [0.1, 0.15) is 18.4 Å². The summed E-state index contributed by atoms with van der Waals surface area (Å²) in [7, 11) is 0. The van der Waals surface area contributed by atoms with Crippen LogP contribution in [0.5, 0.6) is 0 Å². The fourth-order valence-electron chi connectivity index (χ4n) is 1.58. The van der Waals surface area contributed by atoms with E-state index in [-0.39, 0.29) is 11.6 Å². The van der Waals surface area contributed by atoms with E-state index in [9.17, 15) is 8.78 Å². The van der Waals surface area contributed by atoms with Crippen LogP contribution >= 0.6 is 0 Å². The first-order chi connectivity index (χ1) is 6.66. The van der Waals surface area contributed by atoms with Crippen LogP contribution in [-0.2, 0) is 0 Å². The number of nitrogens with two attached hydrogens (primary N) is 1. The lowest BCUT2D eigenvalue weighted by Crippen LogP contribution is -2.30. The maximum absolute atomic E-state index is 13.2. The van der Waals surface area contributed by atoms with Gasteiger partial charge in [-0.05, 0) is 31.1 Å². The van der Waals surface area contributed by atoms with Gasteiger partial charge in [0.05, 0.1) is 0 Å². The summed E-state index contributed by atoms with van der Waals surface area (Å²) in [6.45, 7) is 0. The molecule has 0 bridgehead atoms. The molecule has 0 aliphatic heterocycles. The molecule has 0 saturated heterocycles. The molecule has 1 aliphatic rings. The van der Waals surface area contributed by atoms with Gasteiger partial charge in [0.2, 0.25) is 0 Å². The van der Waals surface area contributed by atoms with Crippen molar-refractivity contribution in [2.45, 2.75) is 18.9 Å². The Hall–Kier alpha value is -1.22. The third kappa shape index (κ3) is 1.68. The zero-order valence-corrected chi connectivity index (χ0v) is 7.63. The molecule has 0 heterocycles. The molecule has 1 nitrogen and oxygen atoms in total. The standard InChI is InChI=1S/C11H11F2N/c12-10-2-1-3-11(13)9(10)6-7-4-8(14)5-7/h1-3,6,8H,4-5,14H2. The van der Waals surface area contributed by atoms with Crippen molar-refractivity contribution in [3.05, 3.63) is 41.0 Å². The molecule has 2 N–H and O–H groups in total. The summed E-state index contributed by atoms with van der Waals surface area (Å²) in [5.74, 6) is -1.03. The Morgan fingerprint density at radius 1 is 1.21 bits per heavy atom. The highest BCUT2D eigenvalue weighted by Crippen LogP contribution is 2.28. The summed E-state index contributed by atoms with van der Waals surface area (Å²) in [4.78, 5) is 0. The van der Waals surface area contributed by atoms with Gasteiger partial charge in [0.25, 0.3) is 0 Å². The molecule has 0 unspecified atom stereocenters. The van der Waals surface area contributed by atoms with Gasteiger partial charge in [-0.1, -0.05) is 11.6 Å². The molecule has 3 heteroatoms. The molecular weight excluding hydrogens is 184 g/mol. The van der Waals surface area contributed by atoms with E-state index < -0.39 is 11.6 Å². The number of hydrogen-bond acceptors (Lipinski definition) is 1. The highest BCUT2D eigenvalue weighted by molar-refractivity contribution is 5.56. The maximum Gasteiger partial charge on any atom is 0.133 e. The number of rotatable bonds is 1. The summed E-state index contributed by atoms with van der Waals surface area (Å²) in [6.07, 6.45) is 3.05. The van der Waals surface area contributed by atoms with Crippen molar-refractivity contribution in [2.75, 3.05) is 0 Å². The summed E-state index contributed by atoms with van der Waals surface area (Å²) in [5, 5.41) is 0. The second kappa shape index (κ2) is 3.50. The number of halogens is 2. The third-order valence-electron chi connectivity index (χ3n) is 2.40. The summed E-state index contributed by atoms with van der Waals surface area (Å²) in [6, 6.07) is 4.04. The largest absolute Gasteiger partial charge is 0.327 e. The molecule has 1 aromatic rings. The first-order valence-electron chi connectivity index (χ1n) is 4.56. The van der Waals surface area contributed by atoms with E-state index in [1.807, 2.05) is 0 Å². The predicted octanol–water partition coefficient (Wildman–Crippen LogP) is 2.47. The smallest absolute Gasteiger partial charge is 0.133 e. The lowest BCUT2D eigenvalue weighted by atomic mass is 9.86. The molecule has 1 fully saturated rings. The molecule has 0 amide bonds. The molecule has 2 rings (SSSR count). The predicted molar refractivity (Wildman–Crippen MR) is 51.5 cm³/mol. The Bertz CT molecular complexity index is 357. The van der Waals surface area contributed by atoms with Crippen LogP contribution in [0.4, 0.5) is 8.78 Å². The van der Waals surface area contributed by atoms with Crippen molar-refractivity contribution in [1.29, 1.82) is 0 Å². The SMILES string of the molecule is NC1CC(=Cc2c(F)cccc2F)C1. The fraction of sp³-hybridized carbons (Fsp3) is 0.273. The van der Waals surface area contributed by atoms with Gasteiger partial charge >= 0.3 is 0 Å². The molecule has 0 aromatic heterocycles. The minimum Gasteiger partial charge on any atom is -0.327 e. The minimum atomic E-state index is -0.516. The quantitative estimate of drug-likeness (QED) is 0.731. The molecule has 1 aliphatic carbocycles. The van der Waals surface area contributed by atoms with Crippen molar-refractivity contribution in [2.24, 2.45) is 5.73 Å². The Kier molecular flexibility index (Phi) is 2.33. The van der Waals surface area contributed by atoms with Crippen LogP contribution < -0.4 is 5.73 Å². The van der Waals surface area contributed by atoms with Gasteiger partial charge in [0.1, 0.15) is 11.6 Å². The van der Waals surface area contributed by atoms with E-state index in [1.165, 1.54) is 18.2 Å². The number of hydrogen-bond donors (Lipinski definition) is 1. The average molecular weight is 195 g/mol. The molecule has 0 radical (unpaired) electrons. The van der Waals surface area contributed by atoms with E-state index in [0.29, 0.717) is 0 Å². The summed E-state index contributed by atoms with van der Waals surface area (Å²) < 4.78 is 26.3. The first kappa shape index (κ1) is 9.34. The van der Waals surface area contributed by atoms with Crippen molar-refractivity contribution in [3.8, 4) is 0 Å². The Morgan fingerprint density at radius 3 is 2.29 bits per heavy atom. The second-order valence-corrected chi connectivity index (χ2v) is 3.61. The van der Waals surface area contributed by atoms with Crippen LogP contribution in [0.15, 0.2) is 23.8 Å². The average Bonchev–Trinajstić information content (AvgIpc) is 2.08. The van der Waals surface area contributed by atoms with Gasteiger partial charge in [0, 0.05) is 11.6 Å². The van der Waals surface area contributed by atoms with Crippen LogP contribution in [-0.4, -0.2) is 6.04 Å².